The molecule has 1 aromatic rings. The number of nitrogens with zero attached hydrogens (tertiary/aromatic N) is 2. The second kappa shape index (κ2) is 5.93. The number of nitrogens with one attached hydrogen (secondary N) is 1. The molecule has 2 heterocycles. The van der Waals surface area contributed by atoms with Crippen LogP contribution >= 0.6 is 0 Å². The van der Waals surface area contributed by atoms with E-state index in [1.165, 1.54) is 0 Å². The smallest absolute Gasteiger partial charge is 0.239 e. The summed E-state index contributed by atoms with van der Waals surface area (Å²) in [5.41, 5.74) is 1.06. The lowest BCUT2D eigenvalue weighted by atomic mass is 10.2. The van der Waals surface area contributed by atoms with Crippen LogP contribution < -0.4 is 5.32 Å². The van der Waals surface area contributed by atoms with Crippen molar-refractivity contribution in [2.24, 2.45) is 0 Å². The lowest BCUT2D eigenvalue weighted by Gasteiger charge is -2.21. The second-order valence-electron chi connectivity index (χ2n) is 4.72. The highest BCUT2D eigenvalue weighted by atomic mass is 16.3. The summed E-state index contributed by atoms with van der Waals surface area (Å²) >= 11 is 0. The van der Waals surface area contributed by atoms with E-state index >= 15 is 0 Å². The van der Waals surface area contributed by atoms with Crippen LogP contribution in [-0.4, -0.2) is 46.6 Å². The number of rotatable bonds is 4. The van der Waals surface area contributed by atoms with Gasteiger partial charge in [-0.1, -0.05) is 6.07 Å². The van der Waals surface area contributed by atoms with Crippen molar-refractivity contribution in [3.63, 3.8) is 0 Å². The fourth-order valence-electron chi connectivity index (χ4n) is 2.22. The van der Waals surface area contributed by atoms with Crippen molar-refractivity contribution in [3.05, 3.63) is 23.9 Å². The maximum absolute atomic E-state index is 11.8. The number of aromatic nitrogens is 1. The normalized spacial score (nSPS) is 20.0. The van der Waals surface area contributed by atoms with E-state index in [-0.39, 0.29) is 18.6 Å². The zero-order valence-electron chi connectivity index (χ0n) is 10.6. The number of aliphatic hydroxyl groups is 1. The van der Waals surface area contributed by atoms with Crippen molar-refractivity contribution in [2.45, 2.75) is 25.8 Å². The van der Waals surface area contributed by atoms with E-state index < -0.39 is 0 Å². The Kier molecular flexibility index (Phi) is 4.28. The highest BCUT2D eigenvalue weighted by molar-refractivity contribution is 5.91. The van der Waals surface area contributed by atoms with Crippen LogP contribution in [0.5, 0.6) is 0 Å². The fourth-order valence-corrected chi connectivity index (χ4v) is 2.22. The van der Waals surface area contributed by atoms with Gasteiger partial charge < -0.3 is 10.4 Å². The quantitative estimate of drug-likeness (QED) is 0.828. The summed E-state index contributed by atoms with van der Waals surface area (Å²) in [5.74, 6) is 0.497. The number of aliphatic hydroxyl groups excluding tert-OH is 1. The largest absolute Gasteiger partial charge is 0.395 e. The van der Waals surface area contributed by atoms with Gasteiger partial charge in [0.05, 0.1) is 13.2 Å². The van der Waals surface area contributed by atoms with E-state index in [9.17, 15) is 9.90 Å². The number of likely N-dealkylation sites (tertiary alicyclic amines) is 1. The summed E-state index contributed by atoms with van der Waals surface area (Å²) in [4.78, 5) is 18.0. The Balaban J connectivity index is 1.86. The van der Waals surface area contributed by atoms with E-state index in [0.29, 0.717) is 12.4 Å². The molecule has 2 N–H and O–H groups in total. The van der Waals surface area contributed by atoms with Gasteiger partial charge in [-0.3, -0.25) is 9.69 Å². The van der Waals surface area contributed by atoms with Crippen molar-refractivity contribution in [1.82, 2.24) is 9.88 Å². The lowest BCUT2D eigenvalue weighted by molar-refractivity contribution is -0.117. The first-order chi connectivity index (χ1) is 8.69. The number of hydrogen-bond donors (Lipinski definition) is 2. The summed E-state index contributed by atoms with van der Waals surface area (Å²) in [6.07, 6.45) is 3.73. The molecule has 1 saturated heterocycles. The van der Waals surface area contributed by atoms with Crippen LogP contribution in [0.25, 0.3) is 0 Å². The number of carbonyl (C=O) groups excluding carboxylic acids is 1. The fraction of sp³-hybridized carbons (Fsp3) is 0.538. The Hall–Kier alpha value is -1.46. The summed E-state index contributed by atoms with van der Waals surface area (Å²) in [6.45, 7) is 3.27. The minimum Gasteiger partial charge on any atom is -0.395 e. The molecule has 1 aliphatic rings. The van der Waals surface area contributed by atoms with Crippen LogP contribution in [0.3, 0.4) is 0 Å². The topological polar surface area (TPSA) is 65.5 Å². The third-order valence-electron chi connectivity index (χ3n) is 3.24. The minimum absolute atomic E-state index is 0.0771. The van der Waals surface area contributed by atoms with Crippen molar-refractivity contribution < 1.29 is 9.90 Å². The zero-order valence-corrected chi connectivity index (χ0v) is 10.6. The lowest BCUT2D eigenvalue weighted by Crippen LogP contribution is -2.38. The minimum atomic E-state index is -0.0771. The first-order valence-corrected chi connectivity index (χ1v) is 6.26. The molecule has 0 unspecified atom stereocenters. The van der Waals surface area contributed by atoms with Gasteiger partial charge in [0.25, 0.3) is 0 Å². The number of amides is 1. The van der Waals surface area contributed by atoms with Gasteiger partial charge >= 0.3 is 0 Å². The molecule has 1 aromatic heterocycles. The first-order valence-electron chi connectivity index (χ1n) is 6.26. The van der Waals surface area contributed by atoms with Gasteiger partial charge in [0, 0.05) is 12.2 Å². The van der Waals surface area contributed by atoms with E-state index in [4.69, 9.17) is 0 Å². The Morgan fingerprint density at radius 3 is 3.11 bits per heavy atom. The molecule has 2 rings (SSSR count). The van der Waals surface area contributed by atoms with Crippen LogP contribution in [0.1, 0.15) is 18.4 Å². The van der Waals surface area contributed by atoms with Crippen LogP contribution in [0.2, 0.25) is 0 Å². The average Bonchev–Trinajstić information content (AvgIpc) is 2.79. The summed E-state index contributed by atoms with van der Waals surface area (Å²) < 4.78 is 0. The van der Waals surface area contributed by atoms with E-state index in [1.54, 1.807) is 12.3 Å². The molecular formula is C13H19N3O2. The van der Waals surface area contributed by atoms with Crippen molar-refractivity contribution in [2.75, 3.05) is 25.0 Å². The Labute approximate surface area is 107 Å². The highest BCUT2D eigenvalue weighted by Crippen LogP contribution is 2.16. The predicted octanol–water partition coefficient (Wildman–Crippen LogP) is 0.785. The van der Waals surface area contributed by atoms with Gasteiger partial charge in [-0.2, -0.15) is 0 Å². The molecule has 5 nitrogen and oxygen atoms in total. The monoisotopic (exact) mass is 249 g/mol. The molecule has 1 atom stereocenters. The van der Waals surface area contributed by atoms with Crippen LogP contribution in [0, 0.1) is 6.92 Å². The number of anilines is 1. The Bertz CT molecular complexity index is 405. The van der Waals surface area contributed by atoms with Gasteiger partial charge in [0.1, 0.15) is 5.82 Å². The molecule has 0 aliphatic carbocycles. The SMILES string of the molecule is Cc1ccc(NC(=O)CN2CCC[C@@H]2CO)nc1. The Morgan fingerprint density at radius 1 is 1.61 bits per heavy atom. The molecule has 18 heavy (non-hydrogen) atoms. The summed E-state index contributed by atoms with van der Waals surface area (Å²) in [5, 5.41) is 12.0. The van der Waals surface area contributed by atoms with E-state index in [2.05, 4.69) is 10.3 Å². The molecule has 1 aliphatic heterocycles. The van der Waals surface area contributed by atoms with Gasteiger partial charge in [-0.15, -0.1) is 0 Å². The van der Waals surface area contributed by atoms with Crippen LogP contribution in [-0.2, 0) is 4.79 Å². The van der Waals surface area contributed by atoms with Crippen LogP contribution in [0.15, 0.2) is 18.3 Å². The number of aryl methyl sites for hydroxylation is 1. The predicted molar refractivity (Wildman–Crippen MR) is 69.3 cm³/mol. The average molecular weight is 249 g/mol. The molecule has 0 spiro atoms. The molecule has 0 saturated carbocycles. The van der Waals surface area contributed by atoms with E-state index in [0.717, 1.165) is 24.9 Å². The molecule has 0 aromatic carbocycles. The molecule has 5 heteroatoms. The first kappa shape index (κ1) is 13.0. The molecule has 1 amide bonds. The van der Waals surface area contributed by atoms with Crippen molar-refractivity contribution in [3.8, 4) is 0 Å². The third kappa shape index (κ3) is 3.27. The number of pyridine rings is 1. The maximum Gasteiger partial charge on any atom is 0.239 e. The van der Waals surface area contributed by atoms with Crippen LogP contribution in [0.4, 0.5) is 5.82 Å². The number of hydrogen-bond acceptors (Lipinski definition) is 4. The standard InChI is InChI=1S/C13H19N3O2/c1-10-4-5-12(14-7-10)15-13(18)8-16-6-2-3-11(16)9-17/h4-5,7,11,17H,2-3,6,8-9H2,1H3,(H,14,15,18)/t11-/m1/s1. The molecule has 0 bridgehead atoms. The van der Waals surface area contributed by atoms with Crippen molar-refractivity contribution >= 4 is 11.7 Å². The number of carbonyl (C=O) groups is 1. The second-order valence-corrected chi connectivity index (χ2v) is 4.72. The molecule has 0 radical (unpaired) electrons. The van der Waals surface area contributed by atoms with Crippen molar-refractivity contribution in [1.29, 1.82) is 0 Å². The molecule has 1 fully saturated rings. The zero-order chi connectivity index (χ0) is 13.0. The van der Waals surface area contributed by atoms with E-state index in [1.807, 2.05) is 17.9 Å². The highest BCUT2D eigenvalue weighted by Gasteiger charge is 2.25. The van der Waals surface area contributed by atoms with Gasteiger partial charge in [-0.25, -0.2) is 4.98 Å². The maximum atomic E-state index is 11.8. The van der Waals surface area contributed by atoms with Gasteiger partial charge in [0.15, 0.2) is 0 Å². The summed E-state index contributed by atoms with van der Waals surface area (Å²) in [7, 11) is 0. The molecule has 98 valence electrons. The Morgan fingerprint density at radius 2 is 2.44 bits per heavy atom. The van der Waals surface area contributed by atoms with Gasteiger partial charge in [0.2, 0.25) is 5.91 Å². The summed E-state index contributed by atoms with van der Waals surface area (Å²) in [6, 6.07) is 3.83. The molecular weight excluding hydrogens is 230 g/mol. The van der Waals surface area contributed by atoms with Gasteiger partial charge in [-0.05, 0) is 37.9 Å². The third-order valence-corrected chi connectivity index (χ3v) is 3.24.